The normalized spacial score (nSPS) is 11.1. The molecule has 0 fully saturated rings. The van der Waals surface area contributed by atoms with Crippen LogP contribution in [0.4, 0.5) is 4.79 Å². The van der Waals surface area contributed by atoms with Gasteiger partial charge in [-0.1, -0.05) is 20.8 Å². The third-order valence-corrected chi connectivity index (χ3v) is 2.07. The van der Waals surface area contributed by atoms with E-state index in [1.807, 2.05) is 6.92 Å². The molecule has 84 valence electrons. The Labute approximate surface area is 86.0 Å². The molecule has 4 nitrogen and oxygen atoms in total. The van der Waals surface area contributed by atoms with E-state index in [1.54, 1.807) is 0 Å². The van der Waals surface area contributed by atoms with Crippen LogP contribution in [0.1, 0.15) is 34.1 Å². The number of amides is 1. The molecule has 14 heavy (non-hydrogen) atoms. The second-order valence-electron chi connectivity index (χ2n) is 3.91. The molecule has 0 unspecified atom stereocenters. The summed E-state index contributed by atoms with van der Waals surface area (Å²) in [5.74, 6) is 0. The van der Waals surface area contributed by atoms with Crippen molar-refractivity contribution in [2.45, 2.75) is 34.1 Å². The van der Waals surface area contributed by atoms with Gasteiger partial charge in [0, 0.05) is 6.61 Å². The Morgan fingerprint density at radius 2 is 2.00 bits per heavy atom. The quantitative estimate of drug-likeness (QED) is 0.531. The van der Waals surface area contributed by atoms with Gasteiger partial charge in [-0.05, 0) is 18.8 Å². The fraction of sp³-hybridized carbons (Fsp3) is 0.900. The zero-order valence-electron chi connectivity index (χ0n) is 9.55. The molecule has 4 heteroatoms. The van der Waals surface area contributed by atoms with Gasteiger partial charge in [0.1, 0.15) is 6.73 Å². The predicted octanol–water partition coefficient (Wildman–Crippen LogP) is 2.14. The minimum Gasteiger partial charge on any atom is -0.449 e. The maximum Gasteiger partial charge on any atom is 0.408 e. The number of carbonyl (C=O) groups is 1. The fourth-order valence-electron chi connectivity index (χ4n) is 0.626. The van der Waals surface area contributed by atoms with Gasteiger partial charge in [-0.25, -0.2) is 4.79 Å². The molecule has 0 aromatic carbocycles. The van der Waals surface area contributed by atoms with Crippen LogP contribution in [-0.2, 0) is 9.47 Å². The number of ether oxygens (including phenoxy) is 2. The monoisotopic (exact) mass is 203 g/mol. The average molecular weight is 203 g/mol. The molecular weight excluding hydrogens is 182 g/mol. The van der Waals surface area contributed by atoms with E-state index in [0.717, 1.165) is 6.42 Å². The van der Waals surface area contributed by atoms with E-state index in [2.05, 4.69) is 26.1 Å². The lowest BCUT2D eigenvalue weighted by molar-refractivity contribution is 0.0764. The van der Waals surface area contributed by atoms with Crippen LogP contribution in [0, 0.1) is 5.41 Å². The summed E-state index contributed by atoms with van der Waals surface area (Å²) in [4.78, 5) is 11.1. The van der Waals surface area contributed by atoms with E-state index < -0.39 is 6.09 Å². The molecular formula is C10H21NO3. The fourth-order valence-corrected chi connectivity index (χ4v) is 0.626. The molecule has 0 saturated carbocycles. The third-order valence-electron chi connectivity index (χ3n) is 2.07. The molecule has 0 aromatic heterocycles. The minimum atomic E-state index is -0.417. The van der Waals surface area contributed by atoms with Crippen molar-refractivity contribution in [3.63, 3.8) is 0 Å². The van der Waals surface area contributed by atoms with Crippen LogP contribution in [0.15, 0.2) is 0 Å². The van der Waals surface area contributed by atoms with Crippen LogP contribution in [0.25, 0.3) is 0 Å². The van der Waals surface area contributed by atoms with Crippen LogP contribution in [-0.4, -0.2) is 26.0 Å². The van der Waals surface area contributed by atoms with Gasteiger partial charge in [-0.3, -0.25) is 5.32 Å². The molecule has 0 spiro atoms. The molecule has 0 aliphatic heterocycles. The summed E-state index contributed by atoms with van der Waals surface area (Å²) in [6.07, 6.45) is 0.561. The number of nitrogens with one attached hydrogen (secondary N) is 1. The number of rotatable bonds is 6. The van der Waals surface area contributed by atoms with E-state index in [0.29, 0.717) is 13.2 Å². The Kier molecular flexibility index (Phi) is 6.28. The summed E-state index contributed by atoms with van der Waals surface area (Å²) in [6, 6.07) is 0. The van der Waals surface area contributed by atoms with Crippen molar-refractivity contribution in [2.75, 3.05) is 19.9 Å². The van der Waals surface area contributed by atoms with Gasteiger partial charge in [0.05, 0.1) is 6.61 Å². The molecule has 1 N–H and O–H groups in total. The predicted molar refractivity (Wildman–Crippen MR) is 55.0 cm³/mol. The molecule has 0 aliphatic carbocycles. The summed E-state index contributed by atoms with van der Waals surface area (Å²) in [5.41, 5.74) is 0.0446. The van der Waals surface area contributed by atoms with Crippen molar-refractivity contribution >= 4 is 6.09 Å². The molecule has 1 amide bonds. The second-order valence-corrected chi connectivity index (χ2v) is 3.91. The van der Waals surface area contributed by atoms with Crippen LogP contribution in [0.2, 0.25) is 0 Å². The first kappa shape index (κ1) is 13.2. The van der Waals surface area contributed by atoms with E-state index >= 15 is 0 Å². The first-order valence-corrected chi connectivity index (χ1v) is 5.00. The van der Waals surface area contributed by atoms with Crippen molar-refractivity contribution in [1.82, 2.24) is 5.32 Å². The van der Waals surface area contributed by atoms with Crippen molar-refractivity contribution < 1.29 is 14.3 Å². The first-order valence-electron chi connectivity index (χ1n) is 5.00. The van der Waals surface area contributed by atoms with E-state index in [9.17, 15) is 4.79 Å². The molecule has 0 heterocycles. The van der Waals surface area contributed by atoms with E-state index in [4.69, 9.17) is 9.47 Å². The van der Waals surface area contributed by atoms with Gasteiger partial charge in [-0.15, -0.1) is 0 Å². The molecule has 0 saturated heterocycles. The maximum absolute atomic E-state index is 11.1. The van der Waals surface area contributed by atoms with E-state index in [-0.39, 0.29) is 12.1 Å². The third kappa shape index (κ3) is 6.71. The van der Waals surface area contributed by atoms with Crippen molar-refractivity contribution in [3.05, 3.63) is 0 Å². The van der Waals surface area contributed by atoms with Gasteiger partial charge in [0.25, 0.3) is 0 Å². The SMILES string of the molecule is CCOCNC(=O)OCC(C)(C)CC. The highest BCUT2D eigenvalue weighted by Crippen LogP contribution is 2.19. The zero-order valence-corrected chi connectivity index (χ0v) is 9.55. The number of hydrogen-bond acceptors (Lipinski definition) is 3. The summed E-state index contributed by atoms with van der Waals surface area (Å²) in [5, 5.41) is 2.50. The van der Waals surface area contributed by atoms with Crippen molar-refractivity contribution in [3.8, 4) is 0 Å². The van der Waals surface area contributed by atoms with Gasteiger partial charge >= 0.3 is 6.09 Å². The Bertz CT molecular complexity index is 169. The molecule has 0 radical (unpaired) electrons. The lowest BCUT2D eigenvalue weighted by atomic mass is 9.92. The Morgan fingerprint density at radius 3 is 2.50 bits per heavy atom. The number of carbonyl (C=O) groups excluding carboxylic acids is 1. The highest BCUT2D eigenvalue weighted by Gasteiger charge is 2.17. The smallest absolute Gasteiger partial charge is 0.408 e. The summed E-state index contributed by atoms with van der Waals surface area (Å²) in [6.45, 7) is 9.28. The van der Waals surface area contributed by atoms with Gasteiger partial charge < -0.3 is 9.47 Å². The summed E-state index contributed by atoms with van der Waals surface area (Å²) < 4.78 is 9.96. The zero-order chi connectivity index (χ0) is 11.0. The van der Waals surface area contributed by atoms with Crippen LogP contribution < -0.4 is 5.32 Å². The molecule has 0 rings (SSSR count). The van der Waals surface area contributed by atoms with Crippen molar-refractivity contribution in [2.24, 2.45) is 5.41 Å². The number of alkyl carbamates (subject to hydrolysis) is 1. The van der Waals surface area contributed by atoms with Crippen LogP contribution in [0.5, 0.6) is 0 Å². The second kappa shape index (κ2) is 6.65. The lowest BCUT2D eigenvalue weighted by Crippen LogP contribution is -2.30. The van der Waals surface area contributed by atoms with Gasteiger partial charge in [0.15, 0.2) is 0 Å². The topological polar surface area (TPSA) is 47.6 Å². The highest BCUT2D eigenvalue weighted by atomic mass is 16.6. The molecule has 0 bridgehead atoms. The average Bonchev–Trinajstić information content (AvgIpc) is 2.16. The largest absolute Gasteiger partial charge is 0.449 e. The summed E-state index contributed by atoms with van der Waals surface area (Å²) >= 11 is 0. The lowest BCUT2D eigenvalue weighted by Gasteiger charge is -2.21. The molecule has 0 atom stereocenters. The van der Waals surface area contributed by atoms with E-state index in [1.165, 1.54) is 0 Å². The van der Waals surface area contributed by atoms with Crippen LogP contribution in [0.3, 0.4) is 0 Å². The van der Waals surface area contributed by atoms with Crippen molar-refractivity contribution in [1.29, 1.82) is 0 Å². The van der Waals surface area contributed by atoms with Gasteiger partial charge in [-0.2, -0.15) is 0 Å². The standard InChI is InChI=1S/C10H21NO3/c1-5-10(3,4)7-14-9(12)11-8-13-6-2/h5-8H2,1-4H3,(H,11,12). The Balaban J connectivity index is 3.53. The van der Waals surface area contributed by atoms with Gasteiger partial charge in [0.2, 0.25) is 0 Å². The number of hydrogen-bond donors (Lipinski definition) is 1. The minimum absolute atomic E-state index is 0.0446. The van der Waals surface area contributed by atoms with Crippen LogP contribution >= 0.6 is 0 Å². The maximum atomic E-state index is 11.1. The highest BCUT2D eigenvalue weighted by molar-refractivity contribution is 5.66. The summed E-state index contributed by atoms with van der Waals surface area (Å²) in [7, 11) is 0. The molecule has 0 aliphatic rings. The Morgan fingerprint density at radius 1 is 1.36 bits per heavy atom. The Hall–Kier alpha value is -0.770. The first-order chi connectivity index (χ1) is 6.52. The molecule has 0 aromatic rings.